The molecular weight excluding hydrogens is 246 g/mol. The molecule has 1 rings (SSSR count). The van der Waals surface area contributed by atoms with Crippen LogP contribution in [0.4, 0.5) is 5.69 Å². The van der Waals surface area contributed by atoms with Crippen molar-refractivity contribution in [1.82, 2.24) is 0 Å². The molecule has 0 bridgehead atoms. The minimum absolute atomic E-state index is 0.147. The summed E-state index contributed by atoms with van der Waals surface area (Å²) in [6, 6.07) is 7.00. The van der Waals surface area contributed by atoms with Gasteiger partial charge in [-0.25, -0.2) is 8.42 Å². The van der Waals surface area contributed by atoms with E-state index >= 15 is 0 Å². The maximum atomic E-state index is 11.6. The number of hydrogen-bond acceptors (Lipinski definition) is 3. The van der Waals surface area contributed by atoms with Gasteiger partial charge in [-0.05, 0) is 43.0 Å². The first-order valence-electron chi connectivity index (χ1n) is 6.52. The van der Waals surface area contributed by atoms with Gasteiger partial charge in [0.15, 0.2) is 9.84 Å². The zero-order valence-corrected chi connectivity index (χ0v) is 12.3. The van der Waals surface area contributed by atoms with Crippen LogP contribution >= 0.6 is 0 Å². The lowest BCUT2D eigenvalue weighted by Gasteiger charge is -2.08. The molecule has 0 radical (unpaired) electrons. The summed E-state index contributed by atoms with van der Waals surface area (Å²) in [7, 11) is -3.08. The third-order valence-corrected chi connectivity index (χ3v) is 4.63. The smallest absolute Gasteiger partial charge is 0.178 e. The van der Waals surface area contributed by atoms with Crippen LogP contribution < -0.4 is 5.32 Å². The fourth-order valence-corrected chi connectivity index (χ4v) is 2.57. The summed E-state index contributed by atoms with van der Waals surface area (Å²) in [5.74, 6) is 0.873. The Balaban J connectivity index is 2.51. The van der Waals surface area contributed by atoms with Crippen molar-refractivity contribution in [2.24, 2.45) is 5.92 Å². The maximum absolute atomic E-state index is 11.6. The molecule has 1 aromatic carbocycles. The Hall–Kier alpha value is -1.03. The van der Waals surface area contributed by atoms with E-state index in [-0.39, 0.29) is 5.75 Å². The molecule has 1 aromatic rings. The predicted molar refractivity (Wildman–Crippen MR) is 76.7 cm³/mol. The van der Waals surface area contributed by atoms with E-state index in [1.54, 1.807) is 19.1 Å². The molecule has 0 saturated carbocycles. The summed E-state index contributed by atoms with van der Waals surface area (Å²) in [5, 5.41) is 3.30. The second kappa shape index (κ2) is 6.78. The summed E-state index contributed by atoms with van der Waals surface area (Å²) in [6.45, 7) is 7.01. The summed E-state index contributed by atoms with van der Waals surface area (Å²) >= 11 is 0. The molecule has 3 nitrogen and oxygen atoms in total. The topological polar surface area (TPSA) is 46.2 Å². The number of benzene rings is 1. The quantitative estimate of drug-likeness (QED) is 0.772. The lowest BCUT2D eigenvalue weighted by Crippen LogP contribution is -2.05. The van der Waals surface area contributed by atoms with E-state index in [1.165, 1.54) is 6.42 Å². The highest BCUT2D eigenvalue weighted by molar-refractivity contribution is 7.91. The molecule has 0 aromatic heterocycles. The largest absolute Gasteiger partial charge is 0.385 e. The molecule has 0 aliphatic carbocycles. The van der Waals surface area contributed by atoms with Crippen molar-refractivity contribution in [3.63, 3.8) is 0 Å². The third-order valence-electron chi connectivity index (χ3n) is 2.88. The highest BCUT2D eigenvalue weighted by Crippen LogP contribution is 2.15. The summed E-state index contributed by atoms with van der Waals surface area (Å²) in [4.78, 5) is 0.401. The van der Waals surface area contributed by atoms with Gasteiger partial charge >= 0.3 is 0 Å². The fourth-order valence-electron chi connectivity index (χ4n) is 1.69. The van der Waals surface area contributed by atoms with Crippen molar-refractivity contribution in [3.05, 3.63) is 24.3 Å². The molecule has 0 aliphatic rings. The van der Waals surface area contributed by atoms with Crippen molar-refractivity contribution in [1.29, 1.82) is 0 Å². The van der Waals surface area contributed by atoms with Gasteiger partial charge in [-0.2, -0.15) is 0 Å². The summed E-state index contributed by atoms with van der Waals surface area (Å²) in [6.07, 6.45) is 2.34. The molecule has 0 amide bonds. The van der Waals surface area contributed by atoms with Crippen LogP contribution in [0.5, 0.6) is 0 Å². The number of hydrogen-bond donors (Lipinski definition) is 1. The number of anilines is 1. The zero-order valence-electron chi connectivity index (χ0n) is 11.4. The molecular formula is C14H23NO2S. The van der Waals surface area contributed by atoms with E-state index in [0.29, 0.717) is 4.90 Å². The van der Waals surface area contributed by atoms with Gasteiger partial charge in [0.2, 0.25) is 0 Å². The van der Waals surface area contributed by atoms with Crippen LogP contribution in [0.15, 0.2) is 29.2 Å². The standard InChI is InChI=1S/C14H23NO2S/c1-4-18(16,17)14-9-7-13(8-10-14)15-11-5-6-12(2)3/h7-10,12,15H,4-6,11H2,1-3H3. The van der Waals surface area contributed by atoms with Gasteiger partial charge in [-0.15, -0.1) is 0 Å². The number of sulfone groups is 1. The van der Waals surface area contributed by atoms with Gasteiger partial charge in [-0.1, -0.05) is 20.8 Å². The van der Waals surface area contributed by atoms with E-state index < -0.39 is 9.84 Å². The molecule has 1 N–H and O–H groups in total. The van der Waals surface area contributed by atoms with Crippen molar-refractivity contribution in [2.75, 3.05) is 17.6 Å². The van der Waals surface area contributed by atoms with Crippen LogP contribution in [0, 0.1) is 5.92 Å². The Labute approximate surface area is 111 Å². The van der Waals surface area contributed by atoms with E-state index in [4.69, 9.17) is 0 Å². The SMILES string of the molecule is CCS(=O)(=O)c1ccc(NCCCC(C)C)cc1. The van der Waals surface area contributed by atoms with Gasteiger partial charge in [0.05, 0.1) is 10.6 Å². The molecule has 0 saturated heterocycles. The van der Waals surface area contributed by atoms with Crippen LogP contribution in [0.3, 0.4) is 0 Å². The van der Waals surface area contributed by atoms with E-state index in [2.05, 4.69) is 19.2 Å². The van der Waals surface area contributed by atoms with Crippen molar-refractivity contribution >= 4 is 15.5 Å². The van der Waals surface area contributed by atoms with E-state index in [9.17, 15) is 8.42 Å². The lowest BCUT2D eigenvalue weighted by molar-refractivity contribution is 0.567. The number of rotatable bonds is 7. The van der Waals surface area contributed by atoms with Gasteiger partial charge < -0.3 is 5.32 Å². The molecule has 0 spiro atoms. The van der Waals surface area contributed by atoms with E-state index in [1.807, 2.05) is 12.1 Å². The monoisotopic (exact) mass is 269 g/mol. The fraction of sp³-hybridized carbons (Fsp3) is 0.571. The first-order valence-corrected chi connectivity index (χ1v) is 8.17. The second-order valence-electron chi connectivity index (χ2n) is 4.89. The molecule has 18 heavy (non-hydrogen) atoms. The zero-order chi connectivity index (χ0) is 13.6. The Kier molecular flexibility index (Phi) is 5.66. The van der Waals surface area contributed by atoms with Crippen LogP contribution in [0.1, 0.15) is 33.6 Å². The summed E-state index contributed by atoms with van der Waals surface area (Å²) in [5.41, 5.74) is 0.980. The number of nitrogens with one attached hydrogen (secondary N) is 1. The molecule has 0 unspecified atom stereocenters. The first kappa shape index (κ1) is 15.0. The minimum Gasteiger partial charge on any atom is -0.385 e. The molecule has 0 aliphatic heterocycles. The molecule has 0 heterocycles. The van der Waals surface area contributed by atoms with Crippen molar-refractivity contribution in [2.45, 2.75) is 38.5 Å². The predicted octanol–water partition coefficient (Wildman–Crippen LogP) is 3.33. The Morgan fingerprint density at radius 1 is 1.17 bits per heavy atom. The Bertz CT molecular complexity index is 449. The third kappa shape index (κ3) is 4.69. The Morgan fingerprint density at radius 2 is 1.78 bits per heavy atom. The molecule has 102 valence electrons. The van der Waals surface area contributed by atoms with Crippen LogP contribution in [-0.4, -0.2) is 20.7 Å². The first-order chi connectivity index (χ1) is 8.45. The van der Waals surface area contributed by atoms with Gasteiger partial charge in [-0.3, -0.25) is 0 Å². The normalized spacial score (nSPS) is 11.8. The van der Waals surface area contributed by atoms with E-state index in [0.717, 1.165) is 24.6 Å². The van der Waals surface area contributed by atoms with Crippen LogP contribution in [0.25, 0.3) is 0 Å². The molecule has 0 fully saturated rings. The molecule has 0 atom stereocenters. The minimum atomic E-state index is -3.08. The average molecular weight is 269 g/mol. The Morgan fingerprint density at radius 3 is 2.28 bits per heavy atom. The second-order valence-corrected chi connectivity index (χ2v) is 7.17. The van der Waals surface area contributed by atoms with Crippen molar-refractivity contribution < 1.29 is 8.42 Å². The maximum Gasteiger partial charge on any atom is 0.178 e. The lowest BCUT2D eigenvalue weighted by atomic mass is 10.1. The van der Waals surface area contributed by atoms with Crippen LogP contribution in [-0.2, 0) is 9.84 Å². The van der Waals surface area contributed by atoms with Crippen LogP contribution in [0.2, 0.25) is 0 Å². The highest BCUT2D eigenvalue weighted by Gasteiger charge is 2.10. The van der Waals surface area contributed by atoms with Gasteiger partial charge in [0, 0.05) is 12.2 Å². The average Bonchev–Trinajstić information content (AvgIpc) is 2.35. The highest BCUT2D eigenvalue weighted by atomic mass is 32.2. The van der Waals surface area contributed by atoms with Gasteiger partial charge in [0.25, 0.3) is 0 Å². The summed E-state index contributed by atoms with van der Waals surface area (Å²) < 4.78 is 23.3. The van der Waals surface area contributed by atoms with Gasteiger partial charge in [0.1, 0.15) is 0 Å². The molecule has 4 heteroatoms. The van der Waals surface area contributed by atoms with Crippen molar-refractivity contribution in [3.8, 4) is 0 Å².